The maximum atomic E-state index is 5.11. The van der Waals surface area contributed by atoms with Crippen molar-refractivity contribution in [2.24, 2.45) is 5.41 Å². The summed E-state index contributed by atoms with van der Waals surface area (Å²) >= 11 is 0. The summed E-state index contributed by atoms with van der Waals surface area (Å²) in [6, 6.07) is 8.35. The molecule has 0 aliphatic heterocycles. The second-order valence-electron chi connectivity index (χ2n) is 4.24. The van der Waals surface area contributed by atoms with Crippen molar-refractivity contribution in [2.45, 2.75) is 19.8 Å². The minimum Gasteiger partial charge on any atom is -0.497 e. The van der Waals surface area contributed by atoms with Gasteiger partial charge in [0.2, 0.25) is 0 Å². The highest BCUT2D eigenvalue weighted by molar-refractivity contribution is 5.39. The molecule has 0 aromatic heterocycles. The predicted octanol–water partition coefficient (Wildman–Crippen LogP) is 3.02. The van der Waals surface area contributed by atoms with Crippen molar-refractivity contribution in [1.82, 2.24) is 0 Å². The first-order chi connectivity index (χ1) is 6.13. The molecule has 69 valence electrons. The van der Waals surface area contributed by atoms with Crippen LogP contribution in [0.2, 0.25) is 0 Å². The van der Waals surface area contributed by atoms with E-state index in [2.05, 4.69) is 32.4 Å². The van der Waals surface area contributed by atoms with Crippen LogP contribution in [0.5, 0.6) is 5.75 Å². The van der Waals surface area contributed by atoms with E-state index in [1.54, 1.807) is 7.11 Å². The fraction of sp³-hybridized carbons (Fsp3) is 0.417. The molecule has 1 saturated carbocycles. The molecule has 1 aromatic rings. The van der Waals surface area contributed by atoms with E-state index in [9.17, 15) is 0 Å². The molecular weight excluding hydrogens is 160 g/mol. The lowest BCUT2D eigenvalue weighted by atomic mass is 10.0. The second kappa shape index (κ2) is 2.76. The summed E-state index contributed by atoms with van der Waals surface area (Å²) in [5.74, 6) is 1.57. The molecule has 1 atom stereocenters. The minimum atomic E-state index is 0.397. The molecular formula is C12H15O. The van der Waals surface area contributed by atoms with Crippen molar-refractivity contribution in [1.29, 1.82) is 0 Å². The van der Waals surface area contributed by atoms with Crippen molar-refractivity contribution in [3.63, 3.8) is 0 Å². The van der Waals surface area contributed by atoms with Gasteiger partial charge in [-0.25, -0.2) is 0 Å². The number of ether oxygens (including phenoxy) is 1. The summed E-state index contributed by atoms with van der Waals surface area (Å²) in [6.07, 6.45) is 2.37. The smallest absolute Gasteiger partial charge is 0.118 e. The molecule has 0 saturated heterocycles. The molecule has 0 N–H and O–H groups in total. The number of hydrogen-bond acceptors (Lipinski definition) is 1. The van der Waals surface area contributed by atoms with E-state index in [0.29, 0.717) is 11.3 Å². The SMILES string of the molecule is COc1ccc(C2[CH]C2(C)C)cc1. The third-order valence-corrected chi connectivity index (χ3v) is 2.76. The van der Waals surface area contributed by atoms with E-state index in [1.165, 1.54) is 5.56 Å². The van der Waals surface area contributed by atoms with E-state index in [4.69, 9.17) is 4.74 Å². The molecule has 0 spiro atoms. The zero-order chi connectivity index (χ0) is 9.47. The van der Waals surface area contributed by atoms with Gasteiger partial charge in [0, 0.05) is 0 Å². The molecule has 0 amide bonds. The minimum absolute atomic E-state index is 0.397. The van der Waals surface area contributed by atoms with Gasteiger partial charge in [-0.1, -0.05) is 26.0 Å². The Bertz CT molecular complexity index is 297. The average molecular weight is 175 g/mol. The zero-order valence-corrected chi connectivity index (χ0v) is 8.37. The first-order valence-corrected chi connectivity index (χ1v) is 4.63. The molecule has 1 fully saturated rings. The number of benzene rings is 1. The normalized spacial score (nSPS) is 24.1. The Hall–Kier alpha value is -0.980. The Morgan fingerprint density at radius 1 is 1.15 bits per heavy atom. The van der Waals surface area contributed by atoms with Crippen LogP contribution in [0.4, 0.5) is 0 Å². The van der Waals surface area contributed by atoms with Gasteiger partial charge in [-0.15, -0.1) is 0 Å². The first-order valence-electron chi connectivity index (χ1n) is 4.63. The van der Waals surface area contributed by atoms with Crippen LogP contribution in [0.15, 0.2) is 24.3 Å². The maximum absolute atomic E-state index is 5.11. The topological polar surface area (TPSA) is 9.23 Å². The third kappa shape index (κ3) is 1.55. The fourth-order valence-corrected chi connectivity index (χ4v) is 1.72. The molecule has 1 aliphatic carbocycles. The van der Waals surface area contributed by atoms with Crippen LogP contribution in [-0.4, -0.2) is 7.11 Å². The van der Waals surface area contributed by atoms with Gasteiger partial charge >= 0.3 is 0 Å². The molecule has 1 nitrogen and oxygen atoms in total. The second-order valence-corrected chi connectivity index (χ2v) is 4.24. The van der Waals surface area contributed by atoms with Crippen LogP contribution < -0.4 is 4.74 Å². The summed E-state index contributed by atoms with van der Waals surface area (Å²) in [5, 5.41) is 0. The summed E-state index contributed by atoms with van der Waals surface area (Å²) in [7, 11) is 1.70. The van der Waals surface area contributed by atoms with Gasteiger partial charge in [0.05, 0.1) is 7.11 Å². The van der Waals surface area contributed by atoms with Crippen LogP contribution in [0, 0.1) is 11.8 Å². The maximum Gasteiger partial charge on any atom is 0.118 e. The molecule has 0 bridgehead atoms. The monoisotopic (exact) mass is 175 g/mol. The average Bonchev–Trinajstić information content (AvgIpc) is 2.76. The van der Waals surface area contributed by atoms with E-state index in [0.717, 1.165) is 5.75 Å². The Morgan fingerprint density at radius 3 is 2.08 bits per heavy atom. The Labute approximate surface area is 79.7 Å². The Kier molecular flexibility index (Phi) is 1.83. The van der Waals surface area contributed by atoms with Crippen molar-refractivity contribution < 1.29 is 4.74 Å². The van der Waals surface area contributed by atoms with Crippen molar-refractivity contribution >= 4 is 0 Å². The van der Waals surface area contributed by atoms with Gasteiger partial charge in [-0.2, -0.15) is 0 Å². The first kappa shape index (κ1) is 8.61. The molecule has 1 aromatic carbocycles. The molecule has 0 heterocycles. The van der Waals surface area contributed by atoms with Crippen LogP contribution >= 0.6 is 0 Å². The highest BCUT2D eigenvalue weighted by Crippen LogP contribution is 2.57. The number of methoxy groups -OCH3 is 1. The molecule has 1 unspecified atom stereocenters. The summed E-state index contributed by atoms with van der Waals surface area (Å²) in [4.78, 5) is 0. The summed E-state index contributed by atoms with van der Waals surface area (Å²) in [5.41, 5.74) is 1.79. The van der Waals surface area contributed by atoms with E-state index >= 15 is 0 Å². The van der Waals surface area contributed by atoms with Gasteiger partial charge in [-0.05, 0) is 35.4 Å². The van der Waals surface area contributed by atoms with E-state index in [1.807, 2.05) is 12.1 Å². The predicted molar refractivity (Wildman–Crippen MR) is 53.8 cm³/mol. The Balaban J connectivity index is 2.16. The molecule has 1 aliphatic rings. The number of hydrogen-bond donors (Lipinski definition) is 0. The summed E-state index contributed by atoms with van der Waals surface area (Å²) < 4.78 is 5.11. The highest BCUT2D eigenvalue weighted by atomic mass is 16.5. The lowest BCUT2D eigenvalue weighted by Gasteiger charge is -2.04. The van der Waals surface area contributed by atoms with Crippen molar-refractivity contribution in [3.8, 4) is 5.75 Å². The van der Waals surface area contributed by atoms with Gasteiger partial charge in [0.15, 0.2) is 0 Å². The van der Waals surface area contributed by atoms with Gasteiger partial charge in [-0.3, -0.25) is 0 Å². The van der Waals surface area contributed by atoms with Crippen LogP contribution in [0.1, 0.15) is 25.3 Å². The highest BCUT2D eigenvalue weighted by Gasteiger charge is 2.46. The van der Waals surface area contributed by atoms with Crippen LogP contribution in [-0.2, 0) is 0 Å². The van der Waals surface area contributed by atoms with Crippen molar-refractivity contribution in [3.05, 3.63) is 36.2 Å². The summed E-state index contributed by atoms with van der Waals surface area (Å²) in [6.45, 7) is 4.53. The Morgan fingerprint density at radius 2 is 1.69 bits per heavy atom. The van der Waals surface area contributed by atoms with Gasteiger partial charge < -0.3 is 4.74 Å². The lowest BCUT2D eigenvalue weighted by molar-refractivity contribution is 0.414. The quantitative estimate of drug-likeness (QED) is 0.671. The van der Waals surface area contributed by atoms with Crippen LogP contribution in [0.25, 0.3) is 0 Å². The number of rotatable bonds is 2. The molecule has 13 heavy (non-hydrogen) atoms. The zero-order valence-electron chi connectivity index (χ0n) is 8.37. The molecule has 1 heteroatoms. The fourth-order valence-electron chi connectivity index (χ4n) is 1.72. The molecule has 1 radical (unpaired) electrons. The molecule has 2 rings (SSSR count). The largest absolute Gasteiger partial charge is 0.497 e. The van der Waals surface area contributed by atoms with Crippen LogP contribution in [0.3, 0.4) is 0 Å². The third-order valence-electron chi connectivity index (χ3n) is 2.76. The van der Waals surface area contributed by atoms with E-state index in [-0.39, 0.29) is 0 Å². The standard InChI is InChI=1S/C12H15O/c1-12(2)8-11(12)9-4-6-10(13-3)7-5-9/h4-8,11H,1-3H3. The van der Waals surface area contributed by atoms with Gasteiger partial charge in [0.25, 0.3) is 0 Å². The van der Waals surface area contributed by atoms with E-state index < -0.39 is 0 Å². The van der Waals surface area contributed by atoms with Gasteiger partial charge in [0.1, 0.15) is 5.75 Å². The lowest BCUT2D eigenvalue weighted by Crippen LogP contribution is -1.90. The van der Waals surface area contributed by atoms with Crippen molar-refractivity contribution in [2.75, 3.05) is 7.11 Å².